The second kappa shape index (κ2) is 10.7. The second-order valence-electron chi connectivity index (χ2n) is 9.92. The third-order valence-corrected chi connectivity index (χ3v) is 7.33. The number of aromatic nitrogens is 5. The lowest BCUT2D eigenvalue weighted by Gasteiger charge is -2.31. The summed E-state index contributed by atoms with van der Waals surface area (Å²) in [5.74, 6) is 0.584. The SMILES string of the molecule is CCC[C@H](c1nnnn1C1CCCC1)N(Cc1ccc(F)cc1)Cc1cc2cccc(C)c2[nH]c1=O. The summed E-state index contributed by atoms with van der Waals surface area (Å²) in [7, 11) is 0. The maximum Gasteiger partial charge on any atom is 0.252 e. The van der Waals surface area contributed by atoms with Crippen LogP contribution in [0.3, 0.4) is 0 Å². The first-order chi connectivity index (χ1) is 17.5. The van der Waals surface area contributed by atoms with Crippen LogP contribution in [0.5, 0.6) is 0 Å². The number of aromatic amines is 1. The van der Waals surface area contributed by atoms with Gasteiger partial charge in [0.15, 0.2) is 5.82 Å². The van der Waals surface area contributed by atoms with Gasteiger partial charge in [-0.3, -0.25) is 9.69 Å². The molecular formula is C28H33FN6O. The number of nitrogens with one attached hydrogen (secondary N) is 1. The summed E-state index contributed by atoms with van der Waals surface area (Å²) < 4.78 is 15.7. The average molecular weight is 489 g/mol. The Morgan fingerprint density at radius 2 is 1.92 bits per heavy atom. The predicted molar refractivity (Wildman–Crippen MR) is 138 cm³/mol. The van der Waals surface area contributed by atoms with Gasteiger partial charge in [-0.25, -0.2) is 9.07 Å². The fourth-order valence-corrected chi connectivity index (χ4v) is 5.44. The van der Waals surface area contributed by atoms with E-state index in [2.05, 4.69) is 32.3 Å². The molecule has 4 aromatic rings. The van der Waals surface area contributed by atoms with Gasteiger partial charge in [-0.15, -0.1) is 5.10 Å². The molecule has 2 aromatic heterocycles. The molecule has 1 N–H and O–H groups in total. The van der Waals surface area contributed by atoms with E-state index in [1.807, 2.05) is 35.9 Å². The van der Waals surface area contributed by atoms with E-state index in [1.165, 1.54) is 25.0 Å². The molecule has 0 aliphatic heterocycles. The van der Waals surface area contributed by atoms with Crippen LogP contribution in [0.2, 0.25) is 0 Å². The number of para-hydroxylation sites is 1. The van der Waals surface area contributed by atoms with Crippen molar-refractivity contribution >= 4 is 10.9 Å². The number of halogens is 1. The summed E-state index contributed by atoms with van der Waals surface area (Å²) in [6.45, 7) is 5.13. The van der Waals surface area contributed by atoms with E-state index < -0.39 is 0 Å². The molecule has 1 saturated carbocycles. The van der Waals surface area contributed by atoms with Crippen LogP contribution in [-0.4, -0.2) is 30.1 Å². The van der Waals surface area contributed by atoms with Crippen LogP contribution >= 0.6 is 0 Å². The number of hydrogen-bond acceptors (Lipinski definition) is 5. The molecule has 1 aliphatic rings. The monoisotopic (exact) mass is 488 g/mol. The number of nitrogens with zero attached hydrogens (tertiary/aromatic N) is 5. The quantitative estimate of drug-likeness (QED) is 0.331. The summed E-state index contributed by atoms with van der Waals surface area (Å²) in [6, 6.07) is 14.8. The third-order valence-electron chi connectivity index (χ3n) is 7.33. The topological polar surface area (TPSA) is 79.7 Å². The lowest BCUT2D eigenvalue weighted by molar-refractivity contribution is 0.153. The summed E-state index contributed by atoms with van der Waals surface area (Å²) in [6.07, 6.45) is 6.33. The highest BCUT2D eigenvalue weighted by atomic mass is 19.1. The Balaban J connectivity index is 1.55. The highest BCUT2D eigenvalue weighted by Gasteiger charge is 2.30. The van der Waals surface area contributed by atoms with Crippen molar-refractivity contribution in [2.45, 2.75) is 77.5 Å². The smallest absolute Gasteiger partial charge is 0.252 e. The molecule has 0 radical (unpaired) electrons. The lowest BCUT2D eigenvalue weighted by atomic mass is 10.0. The zero-order chi connectivity index (χ0) is 25.1. The minimum absolute atomic E-state index is 0.0803. The maximum absolute atomic E-state index is 13.6. The highest BCUT2D eigenvalue weighted by Crippen LogP contribution is 2.34. The van der Waals surface area contributed by atoms with Crippen LogP contribution < -0.4 is 5.56 Å². The second-order valence-corrected chi connectivity index (χ2v) is 9.92. The van der Waals surface area contributed by atoms with Gasteiger partial charge in [-0.1, -0.05) is 56.5 Å². The van der Waals surface area contributed by atoms with Crippen molar-refractivity contribution in [2.24, 2.45) is 0 Å². The number of H-pyrrole nitrogens is 1. The molecule has 2 aromatic carbocycles. The Labute approximate surface area is 210 Å². The number of aryl methyl sites for hydroxylation is 1. The molecule has 0 amide bonds. The summed E-state index contributed by atoms with van der Waals surface area (Å²) in [5, 5.41) is 14.0. The molecule has 0 bridgehead atoms. The standard InChI is InChI=1S/C28H33FN6O/c1-3-7-25(27-31-32-33-35(27)24-10-4-5-11-24)34(17-20-12-14-23(29)15-13-20)18-22-16-21-9-6-8-19(2)26(21)30-28(22)36/h6,8-9,12-16,24-25H,3-5,7,10-11,17-18H2,1-2H3,(H,30,36)/t25-/m1/s1. The van der Waals surface area contributed by atoms with Gasteiger partial charge in [0, 0.05) is 18.7 Å². The van der Waals surface area contributed by atoms with Gasteiger partial charge >= 0.3 is 0 Å². The van der Waals surface area contributed by atoms with Gasteiger partial charge < -0.3 is 4.98 Å². The van der Waals surface area contributed by atoms with E-state index in [4.69, 9.17) is 0 Å². The van der Waals surface area contributed by atoms with Crippen molar-refractivity contribution in [3.63, 3.8) is 0 Å². The number of rotatable bonds is 9. The molecule has 36 heavy (non-hydrogen) atoms. The molecule has 8 heteroatoms. The number of benzene rings is 2. The highest BCUT2D eigenvalue weighted by molar-refractivity contribution is 5.81. The number of tetrazole rings is 1. The lowest BCUT2D eigenvalue weighted by Crippen LogP contribution is -2.33. The van der Waals surface area contributed by atoms with Gasteiger partial charge in [-0.2, -0.15) is 0 Å². The Bertz CT molecular complexity index is 1370. The van der Waals surface area contributed by atoms with E-state index >= 15 is 0 Å². The molecule has 0 unspecified atom stereocenters. The molecule has 188 valence electrons. The zero-order valence-electron chi connectivity index (χ0n) is 21.0. The Kier molecular flexibility index (Phi) is 7.23. The van der Waals surface area contributed by atoms with E-state index in [0.717, 1.165) is 53.5 Å². The van der Waals surface area contributed by atoms with Crippen molar-refractivity contribution in [1.29, 1.82) is 0 Å². The van der Waals surface area contributed by atoms with Crippen LogP contribution in [0, 0.1) is 12.7 Å². The van der Waals surface area contributed by atoms with E-state index in [0.29, 0.717) is 24.7 Å². The zero-order valence-corrected chi connectivity index (χ0v) is 21.0. The van der Waals surface area contributed by atoms with E-state index in [-0.39, 0.29) is 17.4 Å². The molecule has 1 atom stereocenters. The number of fused-ring (bicyclic) bond motifs is 1. The normalized spacial score (nSPS) is 15.2. The average Bonchev–Trinajstić information content (AvgIpc) is 3.57. The van der Waals surface area contributed by atoms with Gasteiger partial charge in [0.05, 0.1) is 17.6 Å². The van der Waals surface area contributed by atoms with Crippen molar-refractivity contribution in [1.82, 2.24) is 30.1 Å². The molecule has 2 heterocycles. The first kappa shape index (κ1) is 24.3. The van der Waals surface area contributed by atoms with Crippen molar-refractivity contribution in [3.05, 3.63) is 87.2 Å². The third kappa shape index (κ3) is 5.09. The van der Waals surface area contributed by atoms with Gasteiger partial charge in [0.2, 0.25) is 0 Å². The Morgan fingerprint density at radius 3 is 2.67 bits per heavy atom. The molecule has 1 aliphatic carbocycles. The Hall–Kier alpha value is -3.39. The number of pyridine rings is 1. The minimum atomic E-state index is -0.262. The molecule has 1 fully saturated rings. The van der Waals surface area contributed by atoms with Crippen LogP contribution in [0.15, 0.2) is 53.3 Å². The summed E-state index contributed by atoms with van der Waals surface area (Å²) in [4.78, 5) is 18.5. The van der Waals surface area contributed by atoms with E-state index in [9.17, 15) is 9.18 Å². The van der Waals surface area contributed by atoms with Gasteiger partial charge in [0.25, 0.3) is 5.56 Å². The maximum atomic E-state index is 13.6. The van der Waals surface area contributed by atoms with Crippen molar-refractivity contribution in [3.8, 4) is 0 Å². The predicted octanol–water partition coefficient (Wildman–Crippen LogP) is 5.62. The van der Waals surface area contributed by atoms with Gasteiger partial charge in [0.1, 0.15) is 5.82 Å². The largest absolute Gasteiger partial charge is 0.321 e. The fraction of sp³-hybridized carbons (Fsp3) is 0.429. The first-order valence-corrected chi connectivity index (χ1v) is 12.9. The van der Waals surface area contributed by atoms with Crippen LogP contribution in [-0.2, 0) is 13.1 Å². The molecule has 7 nitrogen and oxygen atoms in total. The first-order valence-electron chi connectivity index (χ1n) is 12.9. The Morgan fingerprint density at radius 1 is 1.14 bits per heavy atom. The number of hydrogen-bond donors (Lipinski definition) is 1. The molecule has 5 rings (SSSR count). The fourth-order valence-electron chi connectivity index (χ4n) is 5.44. The molecule has 0 spiro atoms. The minimum Gasteiger partial charge on any atom is -0.321 e. The molecular weight excluding hydrogens is 455 g/mol. The molecule has 0 saturated heterocycles. The summed E-state index contributed by atoms with van der Waals surface area (Å²) in [5.41, 5.74) is 3.48. The van der Waals surface area contributed by atoms with Crippen molar-refractivity contribution in [2.75, 3.05) is 0 Å². The van der Waals surface area contributed by atoms with E-state index in [1.54, 1.807) is 12.1 Å². The van der Waals surface area contributed by atoms with Crippen LogP contribution in [0.1, 0.15) is 80.0 Å². The van der Waals surface area contributed by atoms with Crippen LogP contribution in [0.25, 0.3) is 10.9 Å². The van der Waals surface area contributed by atoms with Gasteiger partial charge in [-0.05, 0) is 71.3 Å². The van der Waals surface area contributed by atoms with Crippen molar-refractivity contribution < 1.29 is 4.39 Å². The van der Waals surface area contributed by atoms with Crippen LogP contribution in [0.4, 0.5) is 4.39 Å². The summed E-state index contributed by atoms with van der Waals surface area (Å²) >= 11 is 0.